The monoisotopic (exact) mass is 384 g/mol. The first-order valence-electron chi connectivity index (χ1n) is 11.0. The van der Waals surface area contributed by atoms with E-state index in [1.54, 1.807) is 4.90 Å². The largest absolute Gasteiger partial charge is 0.380 e. The zero-order valence-corrected chi connectivity index (χ0v) is 16.9. The minimum atomic E-state index is -0.918. The number of hydrogen-bond acceptors (Lipinski definition) is 1. The Morgan fingerprint density at radius 2 is 1.28 bits per heavy atom. The standard InChI is InChI=1S/C27H29NO/c29-27(23-12-6-2-7-13-23,24-14-8-3-9-15-24)25-16-17-28-20-22(18-26(28)19-25)21-10-4-1-5-11-21/h1-15,22,25-26,29H,16-20H2/p+1/t22-,25-,26+/m1/s1. The maximum atomic E-state index is 12.2. The summed E-state index contributed by atoms with van der Waals surface area (Å²) < 4.78 is 0. The highest BCUT2D eigenvalue weighted by Gasteiger charge is 2.48. The molecule has 3 aromatic rings. The van der Waals surface area contributed by atoms with E-state index in [4.69, 9.17) is 0 Å². The molecule has 2 fully saturated rings. The number of piperidine rings is 1. The van der Waals surface area contributed by atoms with Gasteiger partial charge in [-0.1, -0.05) is 91.0 Å². The Balaban J connectivity index is 1.44. The van der Waals surface area contributed by atoms with E-state index in [1.165, 1.54) is 18.5 Å². The summed E-state index contributed by atoms with van der Waals surface area (Å²) in [6.45, 7) is 2.39. The molecule has 0 amide bonds. The van der Waals surface area contributed by atoms with Gasteiger partial charge in [0.05, 0.1) is 19.1 Å². The lowest BCUT2D eigenvalue weighted by atomic mass is 9.70. The van der Waals surface area contributed by atoms with Crippen LogP contribution >= 0.6 is 0 Å². The Kier molecular flexibility index (Phi) is 4.99. The molecule has 2 heterocycles. The van der Waals surface area contributed by atoms with Crippen LogP contribution in [0, 0.1) is 5.92 Å². The summed E-state index contributed by atoms with van der Waals surface area (Å²) in [5.74, 6) is 0.895. The van der Waals surface area contributed by atoms with E-state index in [0.29, 0.717) is 12.0 Å². The number of benzene rings is 3. The van der Waals surface area contributed by atoms with Crippen LogP contribution in [0.3, 0.4) is 0 Å². The van der Waals surface area contributed by atoms with Gasteiger partial charge < -0.3 is 10.0 Å². The average molecular weight is 385 g/mol. The van der Waals surface area contributed by atoms with E-state index < -0.39 is 5.60 Å². The molecule has 0 saturated carbocycles. The number of aliphatic hydroxyl groups is 1. The fourth-order valence-corrected chi connectivity index (χ4v) is 5.85. The molecule has 1 unspecified atom stereocenters. The van der Waals surface area contributed by atoms with Gasteiger partial charge in [-0.15, -0.1) is 0 Å². The van der Waals surface area contributed by atoms with E-state index in [2.05, 4.69) is 54.6 Å². The van der Waals surface area contributed by atoms with E-state index in [1.807, 2.05) is 36.4 Å². The van der Waals surface area contributed by atoms with Gasteiger partial charge in [-0.2, -0.15) is 0 Å². The van der Waals surface area contributed by atoms with Crippen LogP contribution in [0.4, 0.5) is 0 Å². The first-order valence-corrected chi connectivity index (χ1v) is 11.0. The zero-order chi connectivity index (χ0) is 19.7. The van der Waals surface area contributed by atoms with Gasteiger partial charge >= 0.3 is 0 Å². The van der Waals surface area contributed by atoms with Gasteiger partial charge in [-0.05, 0) is 16.7 Å². The third kappa shape index (κ3) is 3.41. The molecule has 2 nitrogen and oxygen atoms in total. The summed E-state index contributed by atoms with van der Waals surface area (Å²) >= 11 is 0. The Labute approximate surface area is 173 Å². The van der Waals surface area contributed by atoms with E-state index >= 15 is 0 Å². The SMILES string of the molecule is OC(c1ccccc1)(c1ccccc1)[C@@H]1CC[NH+]2C[C@H](c3ccccc3)C[C@H]2C1. The molecule has 0 spiro atoms. The van der Waals surface area contributed by atoms with Gasteiger partial charge in [0.2, 0.25) is 0 Å². The molecule has 0 aromatic heterocycles. The molecular formula is C27H30NO+. The smallest absolute Gasteiger partial charge is 0.118 e. The molecule has 5 rings (SSSR count). The lowest BCUT2D eigenvalue weighted by Crippen LogP contribution is -3.15. The first kappa shape index (κ1) is 18.6. The van der Waals surface area contributed by atoms with Gasteiger partial charge in [0.25, 0.3) is 0 Å². The predicted molar refractivity (Wildman–Crippen MR) is 117 cm³/mol. The molecule has 0 aliphatic carbocycles. The molecule has 2 heteroatoms. The minimum absolute atomic E-state index is 0.246. The highest BCUT2D eigenvalue weighted by atomic mass is 16.3. The normalized spacial score (nSPS) is 26.8. The van der Waals surface area contributed by atoms with Crippen LogP contribution in [0.25, 0.3) is 0 Å². The molecule has 3 aromatic carbocycles. The third-order valence-electron chi connectivity index (χ3n) is 7.33. The topological polar surface area (TPSA) is 24.7 Å². The molecule has 148 valence electrons. The van der Waals surface area contributed by atoms with E-state index in [0.717, 1.165) is 30.5 Å². The minimum Gasteiger partial charge on any atom is -0.380 e. The Bertz CT molecular complexity index is 885. The second-order valence-corrected chi connectivity index (χ2v) is 8.87. The number of fused-ring (bicyclic) bond motifs is 1. The number of hydrogen-bond donors (Lipinski definition) is 2. The zero-order valence-electron chi connectivity index (χ0n) is 16.9. The molecule has 0 bridgehead atoms. The van der Waals surface area contributed by atoms with Crippen LogP contribution in [0.1, 0.15) is 41.9 Å². The van der Waals surface area contributed by atoms with Crippen molar-refractivity contribution in [3.63, 3.8) is 0 Å². The Morgan fingerprint density at radius 3 is 1.86 bits per heavy atom. The molecule has 2 aliphatic heterocycles. The van der Waals surface area contributed by atoms with Crippen LogP contribution in [-0.4, -0.2) is 24.2 Å². The summed E-state index contributed by atoms with van der Waals surface area (Å²) in [6.07, 6.45) is 3.38. The summed E-state index contributed by atoms with van der Waals surface area (Å²) in [4.78, 5) is 1.73. The summed E-state index contributed by atoms with van der Waals surface area (Å²) in [5.41, 5.74) is 2.61. The fourth-order valence-electron chi connectivity index (χ4n) is 5.85. The molecule has 0 radical (unpaired) electrons. The van der Waals surface area contributed by atoms with Crippen LogP contribution in [0.5, 0.6) is 0 Å². The van der Waals surface area contributed by atoms with Crippen molar-refractivity contribution in [1.82, 2.24) is 0 Å². The quantitative estimate of drug-likeness (QED) is 0.703. The molecule has 2 N–H and O–H groups in total. The Hall–Kier alpha value is -2.42. The van der Waals surface area contributed by atoms with Crippen molar-refractivity contribution in [3.8, 4) is 0 Å². The van der Waals surface area contributed by atoms with Gasteiger partial charge in [0, 0.05) is 31.1 Å². The third-order valence-corrected chi connectivity index (χ3v) is 7.33. The molecule has 2 aliphatic rings. The Morgan fingerprint density at radius 1 is 0.724 bits per heavy atom. The van der Waals surface area contributed by atoms with Gasteiger partial charge in [0.1, 0.15) is 5.60 Å². The number of quaternary nitrogens is 1. The average Bonchev–Trinajstić information content (AvgIpc) is 3.24. The first-order chi connectivity index (χ1) is 14.2. The maximum absolute atomic E-state index is 12.2. The van der Waals surface area contributed by atoms with Gasteiger partial charge in [-0.25, -0.2) is 0 Å². The highest BCUT2D eigenvalue weighted by Crippen LogP contribution is 2.42. The molecule has 29 heavy (non-hydrogen) atoms. The second kappa shape index (κ2) is 7.78. The fraction of sp³-hybridized carbons (Fsp3) is 0.333. The number of nitrogens with one attached hydrogen (secondary N) is 1. The lowest BCUT2D eigenvalue weighted by Gasteiger charge is -2.42. The van der Waals surface area contributed by atoms with Crippen molar-refractivity contribution in [2.75, 3.05) is 13.1 Å². The van der Waals surface area contributed by atoms with Crippen LogP contribution in [-0.2, 0) is 5.60 Å². The van der Waals surface area contributed by atoms with Crippen molar-refractivity contribution in [1.29, 1.82) is 0 Å². The van der Waals surface area contributed by atoms with Crippen molar-refractivity contribution in [3.05, 3.63) is 108 Å². The molecule has 4 atom stereocenters. The maximum Gasteiger partial charge on any atom is 0.118 e. The van der Waals surface area contributed by atoms with Crippen molar-refractivity contribution in [2.24, 2.45) is 5.92 Å². The van der Waals surface area contributed by atoms with Crippen molar-refractivity contribution in [2.45, 2.75) is 36.8 Å². The van der Waals surface area contributed by atoms with Crippen molar-refractivity contribution < 1.29 is 10.0 Å². The van der Waals surface area contributed by atoms with Crippen LogP contribution in [0.2, 0.25) is 0 Å². The van der Waals surface area contributed by atoms with Crippen LogP contribution in [0.15, 0.2) is 91.0 Å². The summed E-state index contributed by atoms with van der Waals surface area (Å²) in [5, 5.41) is 12.2. The van der Waals surface area contributed by atoms with E-state index in [9.17, 15) is 5.11 Å². The van der Waals surface area contributed by atoms with Crippen molar-refractivity contribution >= 4 is 0 Å². The second-order valence-electron chi connectivity index (χ2n) is 8.87. The summed E-state index contributed by atoms with van der Waals surface area (Å²) in [7, 11) is 0. The van der Waals surface area contributed by atoms with Crippen LogP contribution < -0.4 is 4.90 Å². The van der Waals surface area contributed by atoms with E-state index in [-0.39, 0.29) is 5.92 Å². The molecule has 2 saturated heterocycles. The lowest BCUT2D eigenvalue weighted by molar-refractivity contribution is -0.919. The highest BCUT2D eigenvalue weighted by molar-refractivity contribution is 5.37. The molecular weight excluding hydrogens is 354 g/mol. The summed E-state index contributed by atoms with van der Waals surface area (Å²) in [6, 6.07) is 32.2. The van der Waals surface area contributed by atoms with Gasteiger partial charge in [0.15, 0.2) is 0 Å². The number of rotatable bonds is 4. The predicted octanol–water partition coefficient (Wildman–Crippen LogP) is 3.77. The van der Waals surface area contributed by atoms with Gasteiger partial charge in [-0.3, -0.25) is 0 Å².